The van der Waals surface area contributed by atoms with Gasteiger partial charge in [-0.3, -0.25) is 15.0 Å². The van der Waals surface area contributed by atoms with Crippen molar-refractivity contribution in [3.8, 4) is 11.5 Å². The van der Waals surface area contributed by atoms with Crippen molar-refractivity contribution >= 4 is 41.0 Å². The summed E-state index contributed by atoms with van der Waals surface area (Å²) in [7, 11) is 0. The molecule has 4 N–H and O–H groups in total. The predicted molar refractivity (Wildman–Crippen MR) is 113 cm³/mol. The maximum absolute atomic E-state index is 12.1. The normalized spacial score (nSPS) is 11.3. The lowest BCUT2D eigenvalue weighted by Gasteiger charge is -2.11. The Hall–Kier alpha value is -3.82. The number of halogens is 6. The predicted octanol–water partition coefficient (Wildman–Crippen LogP) is 4.01. The molecule has 0 heterocycles. The number of benzene rings is 2. The van der Waals surface area contributed by atoms with Crippen molar-refractivity contribution in [3.63, 3.8) is 0 Å². The van der Waals surface area contributed by atoms with Crippen LogP contribution in [-0.4, -0.2) is 42.1 Å². The number of carbonyl (C=O) groups is 3. The largest absolute Gasteiger partial charge is 0.573 e. The second kappa shape index (κ2) is 12.0. The van der Waals surface area contributed by atoms with Crippen LogP contribution in [0.15, 0.2) is 48.5 Å². The first-order valence-electron chi connectivity index (χ1n) is 9.24. The van der Waals surface area contributed by atoms with Crippen LogP contribution in [0.1, 0.15) is 0 Å². The molecule has 0 radical (unpaired) electrons. The number of hydrazine groups is 1. The van der Waals surface area contributed by atoms with E-state index in [4.69, 9.17) is 0 Å². The maximum Gasteiger partial charge on any atom is 0.573 e. The van der Waals surface area contributed by atoms with Crippen molar-refractivity contribution in [2.75, 3.05) is 22.1 Å². The molecule has 2 aromatic rings. The van der Waals surface area contributed by atoms with Gasteiger partial charge in [0.15, 0.2) is 0 Å². The number of alkyl halides is 6. The molecule has 9 nitrogen and oxygen atoms in total. The highest BCUT2D eigenvalue weighted by Gasteiger charge is 2.31. The first kappa shape index (κ1) is 27.4. The fourth-order valence-corrected chi connectivity index (χ4v) is 2.86. The molecule has 0 bridgehead atoms. The Morgan fingerprint density at radius 2 is 1.09 bits per heavy atom. The molecular weight excluding hydrogens is 510 g/mol. The van der Waals surface area contributed by atoms with Crippen LogP contribution in [0.5, 0.6) is 11.5 Å². The second-order valence-electron chi connectivity index (χ2n) is 6.31. The van der Waals surface area contributed by atoms with Gasteiger partial charge in [0, 0.05) is 11.4 Å². The molecule has 190 valence electrons. The van der Waals surface area contributed by atoms with Crippen LogP contribution in [0.4, 0.5) is 42.5 Å². The van der Waals surface area contributed by atoms with E-state index < -0.39 is 42.1 Å². The van der Waals surface area contributed by atoms with E-state index in [-0.39, 0.29) is 22.9 Å². The Balaban J connectivity index is 1.64. The zero-order chi connectivity index (χ0) is 26.1. The molecule has 0 fully saturated rings. The van der Waals surface area contributed by atoms with E-state index in [2.05, 4.69) is 25.5 Å². The number of thioether (sulfide) groups is 1. The van der Waals surface area contributed by atoms with E-state index in [1.165, 1.54) is 12.1 Å². The molecule has 4 amide bonds. The third kappa shape index (κ3) is 11.7. The van der Waals surface area contributed by atoms with Gasteiger partial charge in [0.1, 0.15) is 11.5 Å². The first-order valence-corrected chi connectivity index (χ1v) is 10.4. The summed E-state index contributed by atoms with van der Waals surface area (Å²) in [5.41, 5.74) is 4.41. The fraction of sp³-hybridized carbons (Fsp3) is 0.211. The SMILES string of the molecule is O=C(CSCC(=O)Nc1ccc(OC(F)(F)F)cc1)NNC(=O)Nc1ccc(OC(F)(F)F)cc1. The average Bonchev–Trinajstić information content (AvgIpc) is 2.73. The Morgan fingerprint density at radius 1 is 0.657 bits per heavy atom. The average molecular weight is 526 g/mol. The number of hydrogen-bond acceptors (Lipinski definition) is 6. The standard InChI is InChI=1S/C19H16F6N4O5S/c20-18(21,22)33-13-5-1-11(2-6-13)26-15(30)9-35-10-16(31)28-29-17(32)27-12-3-7-14(8-4-12)34-19(23,24)25/h1-8H,9-10H2,(H,26,30)(H,28,31)(H2,27,29,32). The van der Waals surface area contributed by atoms with Gasteiger partial charge in [-0.15, -0.1) is 38.1 Å². The Bertz CT molecular complexity index is 1020. The minimum absolute atomic E-state index is 0.121. The van der Waals surface area contributed by atoms with E-state index in [0.29, 0.717) is 0 Å². The van der Waals surface area contributed by atoms with Crippen LogP contribution in [0.3, 0.4) is 0 Å². The lowest BCUT2D eigenvalue weighted by molar-refractivity contribution is -0.275. The van der Waals surface area contributed by atoms with Gasteiger partial charge in [0.25, 0.3) is 0 Å². The summed E-state index contributed by atoms with van der Waals surface area (Å²) in [6.07, 6.45) is -9.69. The molecule has 2 aromatic carbocycles. The third-order valence-electron chi connectivity index (χ3n) is 3.50. The Labute approximate surface area is 197 Å². The topological polar surface area (TPSA) is 118 Å². The van der Waals surface area contributed by atoms with Crippen molar-refractivity contribution < 1.29 is 50.2 Å². The van der Waals surface area contributed by atoms with Gasteiger partial charge in [-0.1, -0.05) is 0 Å². The van der Waals surface area contributed by atoms with E-state index >= 15 is 0 Å². The van der Waals surface area contributed by atoms with Gasteiger partial charge >= 0.3 is 18.8 Å². The Morgan fingerprint density at radius 3 is 1.54 bits per heavy atom. The molecule has 0 saturated heterocycles. The zero-order valence-corrected chi connectivity index (χ0v) is 18.1. The van der Waals surface area contributed by atoms with Crippen molar-refractivity contribution in [3.05, 3.63) is 48.5 Å². The van der Waals surface area contributed by atoms with Crippen LogP contribution in [0, 0.1) is 0 Å². The van der Waals surface area contributed by atoms with Crippen molar-refractivity contribution in [2.45, 2.75) is 12.7 Å². The highest BCUT2D eigenvalue weighted by molar-refractivity contribution is 8.00. The van der Waals surface area contributed by atoms with Gasteiger partial charge < -0.3 is 20.1 Å². The third-order valence-corrected chi connectivity index (χ3v) is 4.43. The zero-order valence-electron chi connectivity index (χ0n) is 17.3. The lowest BCUT2D eigenvalue weighted by Crippen LogP contribution is -2.44. The summed E-state index contributed by atoms with van der Waals surface area (Å²) < 4.78 is 80.1. The molecule has 0 aliphatic heterocycles. The van der Waals surface area contributed by atoms with Crippen molar-refractivity contribution in [1.29, 1.82) is 0 Å². The molecular formula is C19H16F6N4O5S. The fourth-order valence-electron chi connectivity index (χ4n) is 2.24. The van der Waals surface area contributed by atoms with Crippen LogP contribution in [-0.2, 0) is 9.59 Å². The summed E-state index contributed by atoms with van der Waals surface area (Å²) in [6.45, 7) is 0. The van der Waals surface area contributed by atoms with E-state index in [9.17, 15) is 40.7 Å². The molecule has 0 aromatic heterocycles. The molecule has 0 spiro atoms. The number of urea groups is 1. The Kier molecular flexibility index (Phi) is 9.44. The minimum atomic E-state index is -4.85. The van der Waals surface area contributed by atoms with Crippen molar-refractivity contribution in [1.82, 2.24) is 10.9 Å². The molecule has 0 saturated carbocycles. The van der Waals surface area contributed by atoms with Crippen molar-refractivity contribution in [2.24, 2.45) is 0 Å². The smallest absolute Gasteiger partial charge is 0.406 e. The summed E-state index contributed by atoms with van der Waals surface area (Å²) in [4.78, 5) is 35.3. The number of amides is 4. The monoisotopic (exact) mass is 526 g/mol. The number of nitrogens with one attached hydrogen (secondary N) is 4. The first-order chi connectivity index (χ1) is 16.3. The summed E-state index contributed by atoms with van der Waals surface area (Å²) in [5.74, 6) is -2.53. The quantitative estimate of drug-likeness (QED) is 0.305. The highest BCUT2D eigenvalue weighted by Crippen LogP contribution is 2.25. The van der Waals surface area contributed by atoms with Gasteiger partial charge in [-0.25, -0.2) is 10.2 Å². The van der Waals surface area contributed by atoms with E-state index in [1.807, 2.05) is 5.43 Å². The highest BCUT2D eigenvalue weighted by atomic mass is 32.2. The molecule has 2 rings (SSSR count). The number of anilines is 2. The number of carbonyl (C=O) groups excluding carboxylic acids is 3. The summed E-state index contributed by atoms with van der Waals surface area (Å²) in [6, 6.07) is 7.81. The molecule has 0 aliphatic rings. The summed E-state index contributed by atoms with van der Waals surface area (Å²) in [5, 5.41) is 4.68. The van der Waals surface area contributed by atoms with Crippen LogP contribution < -0.4 is 31.0 Å². The second-order valence-corrected chi connectivity index (χ2v) is 7.30. The number of ether oxygens (including phenoxy) is 2. The van der Waals surface area contributed by atoms with Gasteiger partial charge in [0.05, 0.1) is 11.5 Å². The minimum Gasteiger partial charge on any atom is -0.406 e. The molecule has 0 atom stereocenters. The lowest BCUT2D eigenvalue weighted by atomic mass is 10.3. The number of hydrogen-bond donors (Lipinski definition) is 4. The molecule has 35 heavy (non-hydrogen) atoms. The van der Waals surface area contributed by atoms with Gasteiger partial charge in [0.2, 0.25) is 11.8 Å². The van der Waals surface area contributed by atoms with Gasteiger partial charge in [-0.2, -0.15) is 0 Å². The van der Waals surface area contributed by atoms with E-state index in [0.717, 1.165) is 48.2 Å². The number of rotatable bonds is 8. The van der Waals surface area contributed by atoms with Crippen LogP contribution in [0.25, 0.3) is 0 Å². The van der Waals surface area contributed by atoms with Crippen LogP contribution >= 0.6 is 11.8 Å². The maximum atomic E-state index is 12.1. The van der Waals surface area contributed by atoms with Gasteiger partial charge in [-0.05, 0) is 48.5 Å². The van der Waals surface area contributed by atoms with E-state index in [1.54, 1.807) is 0 Å². The molecule has 0 aliphatic carbocycles. The molecule has 16 heteroatoms. The summed E-state index contributed by atoms with van der Waals surface area (Å²) >= 11 is 0.886. The molecule has 0 unspecified atom stereocenters. The van der Waals surface area contributed by atoms with Crippen LogP contribution in [0.2, 0.25) is 0 Å².